The Hall–Kier alpha value is -1.36. The molecule has 1 aromatic rings. The van der Waals surface area contributed by atoms with E-state index in [9.17, 15) is 9.90 Å². The van der Waals surface area contributed by atoms with E-state index in [0.29, 0.717) is 5.69 Å². The second kappa shape index (κ2) is 11.2. The number of nitrogens with zero attached hydrogens (tertiary/aromatic N) is 2. The summed E-state index contributed by atoms with van der Waals surface area (Å²) in [5, 5.41) is 18.6. The van der Waals surface area contributed by atoms with Crippen LogP contribution < -0.4 is 0 Å². The maximum absolute atomic E-state index is 10.9. The highest BCUT2D eigenvalue weighted by molar-refractivity contribution is 5.66. The van der Waals surface area contributed by atoms with E-state index in [1.54, 1.807) is 17.7 Å². The first-order valence-electron chi connectivity index (χ1n) is 9.00. The Kier molecular flexibility index (Phi) is 9.60. The third kappa shape index (κ3) is 8.16. The van der Waals surface area contributed by atoms with E-state index >= 15 is 0 Å². The van der Waals surface area contributed by atoms with Crippen molar-refractivity contribution in [3.05, 3.63) is 17.7 Å². The van der Waals surface area contributed by atoms with Gasteiger partial charge in [-0.25, -0.2) is 4.98 Å². The molecule has 132 valence electrons. The van der Waals surface area contributed by atoms with Crippen LogP contribution in [0.1, 0.15) is 89.3 Å². The number of aliphatic hydroxyl groups is 1. The van der Waals surface area contributed by atoms with Gasteiger partial charge in [0.25, 0.3) is 0 Å². The zero-order chi connectivity index (χ0) is 17.1. The molecule has 5 heteroatoms. The van der Waals surface area contributed by atoms with Crippen molar-refractivity contribution in [1.29, 1.82) is 0 Å². The highest BCUT2D eigenvalue weighted by Crippen LogP contribution is 2.15. The van der Waals surface area contributed by atoms with Gasteiger partial charge in [0.05, 0.1) is 11.8 Å². The second-order valence-electron chi connectivity index (χ2n) is 6.36. The molecule has 0 aliphatic heterocycles. The molecule has 0 spiro atoms. The average Bonchev–Trinajstić information content (AvgIpc) is 2.88. The number of carboxylic acid groups (broad SMARTS) is 1. The van der Waals surface area contributed by atoms with Crippen LogP contribution >= 0.6 is 0 Å². The molecule has 1 aromatic heterocycles. The third-order valence-corrected chi connectivity index (χ3v) is 4.12. The summed E-state index contributed by atoms with van der Waals surface area (Å²) in [6.45, 7) is 3.79. The number of hydrogen-bond donors (Lipinski definition) is 2. The topological polar surface area (TPSA) is 75.4 Å². The van der Waals surface area contributed by atoms with Gasteiger partial charge in [0.15, 0.2) is 0 Å². The lowest BCUT2D eigenvalue weighted by molar-refractivity contribution is -0.137. The lowest BCUT2D eigenvalue weighted by atomic mass is 10.1. The molecule has 0 saturated carbocycles. The zero-order valence-corrected chi connectivity index (χ0v) is 14.6. The number of aromatic nitrogens is 2. The predicted molar refractivity (Wildman–Crippen MR) is 91.4 cm³/mol. The molecule has 23 heavy (non-hydrogen) atoms. The van der Waals surface area contributed by atoms with Crippen molar-refractivity contribution in [2.24, 2.45) is 0 Å². The summed E-state index contributed by atoms with van der Waals surface area (Å²) in [6, 6.07) is 0. The number of carboxylic acids is 1. The van der Waals surface area contributed by atoms with Crippen LogP contribution in [0.2, 0.25) is 0 Å². The Morgan fingerprint density at radius 2 is 1.70 bits per heavy atom. The fraction of sp³-hybridized carbons (Fsp3) is 0.778. The number of aliphatic hydroxyl groups excluding tert-OH is 1. The summed E-state index contributed by atoms with van der Waals surface area (Å²) in [5.41, 5.74) is 0.553. The van der Waals surface area contributed by atoms with Crippen LogP contribution in [-0.2, 0) is 17.8 Å². The van der Waals surface area contributed by atoms with Crippen LogP contribution in [0.4, 0.5) is 0 Å². The quantitative estimate of drug-likeness (QED) is 0.536. The molecule has 0 amide bonds. The van der Waals surface area contributed by atoms with E-state index in [2.05, 4.69) is 11.9 Å². The van der Waals surface area contributed by atoms with Crippen molar-refractivity contribution in [2.75, 3.05) is 0 Å². The van der Waals surface area contributed by atoms with Crippen LogP contribution in [0.25, 0.3) is 0 Å². The second-order valence-corrected chi connectivity index (χ2v) is 6.36. The van der Waals surface area contributed by atoms with Crippen molar-refractivity contribution < 1.29 is 15.0 Å². The minimum Gasteiger partial charge on any atom is -0.480 e. The number of rotatable bonds is 13. The standard InChI is InChI=1S/C18H32N2O3/c1-3-4-5-6-7-8-9-10-11-12-17-19-16(15(2)21)13-20(17)14-18(22)23/h13,15,21H,3-12,14H2,1-2H3,(H,22,23). The Bertz CT molecular complexity index is 455. The highest BCUT2D eigenvalue weighted by atomic mass is 16.4. The molecule has 1 atom stereocenters. The molecule has 0 fully saturated rings. The van der Waals surface area contributed by atoms with Crippen LogP contribution in [-0.4, -0.2) is 25.7 Å². The number of hydrogen-bond acceptors (Lipinski definition) is 3. The first-order valence-corrected chi connectivity index (χ1v) is 9.00. The molecule has 0 bridgehead atoms. The number of aryl methyl sites for hydroxylation is 1. The summed E-state index contributed by atoms with van der Waals surface area (Å²) >= 11 is 0. The van der Waals surface area contributed by atoms with Crippen molar-refractivity contribution >= 4 is 5.97 Å². The minimum absolute atomic E-state index is 0.0908. The zero-order valence-electron chi connectivity index (χ0n) is 14.6. The summed E-state index contributed by atoms with van der Waals surface area (Å²) in [4.78, 5) is 15.3. The summed E-state index contributed by atoms with van der Waals surface area (Å²) in [7, 11) is 0. The predicted octanol–water partition coefficient (Wildman–Crippen LogP) is 4.09. The van der Waals surface area contributed by atoms with Gasteiger partial charge in [-0.05, 0) is 13.3 Å². The van der Waals surface area contributed by atoms with Crippen molar-refractivity contribution in [3.63, 3.8) is 0 Å². The number of carbonyl (C=O) groups is 1. The van der Waals surface area contributed by atoms with Crippen LogP contribution in [0.5, 0.6) is 0 Å². The lowest BCUT2D eigenvalue weighted by Gasteiger charge is -2.05. The van der Waals surface area contributed by atoms with Gasteiger partial charge in [0.2, 0.25) is 0 Å². The van der Waals surface area contributed by atoms with E-state index in [1.807, 2.05) is 0 Å². The average molecular weight is 324 g/mol. The van der Waals surface area contributed by atoms with E-state index in [1.165, 1.54) is 44.9 Å². The van der Waals surface area contributed by atoms with Gasteiger partial charge >= 0.3 is 5.97 Å². The Morgan fingerprint density at radius 1 is 1.13 bits per heavy atom. The van der Waals surface area contributed by atoms with Gasteiger partial charge < -0.3 is 14.8 Å². The van der Waals surface area contributed by atoms with Gasteiger partial charge in [-0.2, -0.15) is 0 Å². The lowest BCUT2D eigenvalue weighted by Crippen LogP contribution is -2.11. The Balaban J connectivity index is 2.29. The molecule has 2 N–H and O–H groups in total. The minimum atomic E-state index is -0.882. The summed E-state index contributed by atoms with van der Waals surface area (Å²) in [5.74, 6) is -0.112. The van der Waals surface area contributed by atoms with Crippen molar-refractivity contribution in [1.82, 2.24) is 9.55 Å². The smallest absolute Gasteiger partial charge is 0.323 e. The van der Waals surface area contributed by atoms with Gasteiger partial charge in [-0.3, -0.25) is 4.79 Å². The van der Waals surface area contributed by atoms with Crippen LogP contribution in [0.3, 0.4) is 0 Å². The number of aliphatic carboxylic acids is 1. The fourth-order valence-electron chi connectivity index (χ4n) is 2.75. The molecule has 0 aliphatic rings. The largest absolute Gasteiger partial charge is 0.480 e. The number of unbranched alkanes of at least 4 members (excludes halogenated alkanes) is 8. The summed E-state index contributed by atoms with van der Waals surface area (Å²) in [6.07, 6.45) is 13.1. The van der Waals surface area contributed by atoms with Gasteiger partial charge in [-0.1, -0.05) is 58.3 Å². The van der Waals surface area contributed by atoms with E-state index in [-0.39, 0.29) is 6.54 Å². The molecule has 1 heterocycles. The normalized spacial score (nSPS) is 12.5. The first kappa shape index (κ1) is 19.7. The van der Waals surface area contributed by atoms with Crippen molar-refractivity contribution in [2.45, 2.75) is 90.7 Å². The highest BCUT2D eigenvalue weighted by Gasteiger charge is 2.13. The monoisotopic (exact) mass is 324 g/mol. The van der Waals surface area contributed by atoms with Gasteiger partial charge in [0.1, 0.15) is 12.4 Å². The van der Waals surface area contributed by atoms with Crippen LogP contribution in [0.15, 0.2) is 6.20 Å². The molecular weight excluding hydrogens is 292 g/mol. The summed E-state index contributed by atoms with van der Waals surface area (Å²) < 4.78 is 1.65. The van der Waals surface area contributed by atoms with Gasteiger partial charge in [0, 0.05) is 12.6 Å². The fourth-order valence-corrected chi connectivity index (χ4v) is 2.75. The van der Waals surface area contributed by atoms with E-state index in [0.717, 1.165) is 25.1 Å². The van der Waals surface area contributed by atoms with Crippen LogP contribution in [0, 0.1) is 0 Å². The molecule has 0 radical (unpaired) electrons. The molecular formula is C18H32N2O3. The Morgan fingerprint density at radius 3 is 2.22 bits per heavy atom. The third-order valence-electron chi connectivity index (χ3n) is 4.12. The molecule has 1 unspecified atom stereocenters. The molecule has 0 saturated heterocycles. The SMILES string of the molecule is CCCCCCCCCCCc1nc(C(C)O)cn1CC(=O)O. The number of imidazole rings is 1. The van der Waals surface area contributed by atoms with Crippen molar-refractivity contribution in [3.8, 4) is 0 Å². The first-order chi connectivity index (χ1) is 11.0. The van der Waals surface area contributed by atoms with E-state index in [4.69, 9.17) is 5.11 Å². The maximum atomic E-state index is 10.9. The molecule has 0 aliphatic carbocycles. The maximum Gasteiger partial charge on any atom is 0.323 e. The molecule has 0 aromatic carbocycles. The van der Waals surface area contributed by atoms with E-state index < -0.39 is 12.1 Å². The molecule has 5 nitrogen and oxygen atoms in total. The Labute approximate surface area is 139 Å². The molecule has 1 rings (SSSR count). The van der Waals surface area contributed by atoms with Gasteiger partial charge in [-0.15, -0.1) is 0 Å².